The van der Waals surface area contributed by atoms with E-state index in [-0.39, 0.29) is 19.1 Å². The van der Waals surface area contributed by atoms with Crippen molar-refractivity contribution in [3.8, 4) is 6.07 Å². The van der Waals surface area contributed by atoms with Crippen molar-refractivity contribution in [2.24, 2.45) is 23.2 Å². The summed E-state index contributed by atoms with van der Waals surface area (Å²) in [7, 11) is 0. The molecule has 5 heteroatoms. The third-order valence-corrected chi connectivity index (χ3v) is 3.69. The Morgan fingerprint density at radius 1 is 1.09 bits per heavy atom. The first-order valence-electron chi connectivity index (χ1n) is 8.01. The topological polar surface area (TPSA) is 76.4 Å². The lowest BCUT2D eigenvalue weighted by atomic mass is 9.67. The van der Waals surface area contributed by atoms with Gasteiger partial charge in [-0.2, -0.15) is 5.26 Å². The molecule has 0 aliphatic heterocycles. The number of ether oxygens (including phenoxy) is 2. The zero-order valence-electron chi connectivity index (χ0n) is 14.6. The van der Waals surface area contributed by atoms with Gasteiger partial charge in [0, 0.05) is 0 Å². The fourth-order valence-corrected chi connectivity index (χ4v) is 2.61. The van der Waals surface area contributed by atoms with Gasteiger partial charge in [-0.1, -0.05) is 27.7 Å². The monoisotopic (exact) mass is 311 g/mol. The molecule has 0 fully saturated rings. The van der Waals surface area contributed by atoms with Crippen LogP contribution in [0.2, 0.25) is 0 Å². The van der Waals surface area contributed by atoms with Gasteiger partial charge in [0.2, 0.25) is 0 Å². The highest BCUT2D eigenvalue weighted by Gasteiger charge is 2.52. The Hall–Kier alpha value is -1.57. The number of carbonyl (C=O) groups is 2. The van der Waals surface area contributed by atoms with Crippen LogP contribution in [0.3, 0.4) is 0 Å². The number of esters is 2. The van der Waals surface area contributed by atoms with Crippen LogP contribution in [0.1, 0.15) is 54.4 Å². The summed E-state index contributed by atoms with van der Waals surface area (Å²) in [5, 5.41) is 9.76. The first-order valence-corrected chi connectivity index (χ1v) is 8.01. The molecule has 22 heavy (non-hydrogen) atoms. The van der Waals surface area contributed by atoms with E-state index >= 15 is 0 Å². The molecule has 0 aromatic rings. The minimum Gasteiger partial charge on any atom is -0.466 e. The molecule has 0 aromatic carbocycles. The average Bonchev–Trinajstić information content (AvgIpc) is 2.43. The molecule has 0 saturated carbocycles. The predicted molar refractivity (Wildman–Crippen MR) is 83.7 cm³/mol. The van der Waals surface area contributed by atoms with E-state index in [9.17, 15) is 14.9 Å². The lowest BCUT2D eigenvalue weighted by Crippen LogP contribution is -2.46. The molecule has 0 saturated heterocycles. The van der Waals surface area contributed by atoms with Crippen molar-refractivity contribution >= 4 is 11.9 Å². The maximum absolute atomic E-state index is 12.5. The highest BCUT2D eigenvalue weighted by molar-refractivity contribution is 5.88. The SMILES string of the molecule is CCOC(=O)C(C(C)C)C(C#N)(CCC(C)C)C(=O)OCC. The summed E-state index contributed by atoms with van der Waals surface area (Å²) in [4.78, 5) is 24.9. The van der Waals surface area contributed by atoms with Crippen molar-refractivity contribution in [3.05, 3.63) is 0 Å². The summed E-state index contributed by atoms with van der Waals surface area (Å²) in [5.74, 6) is -1.83. The first-order chi connectivity index (χ1) is 10.3. The largest absolute Gasteiger partial charge is 0.466 e. The van der Waals surface area contributed by atoms with E-state index in [1.807, 2.05) is 27.7 Å². The van der Waals surface area contributed by atoms with Gasteiger partial charge < -0.3 is 9.47 Å². The van der Waals surface area contributed by atoms with E-state index in [4.69, 9.17) is 9.47 Å². The molecule has 0 radical (unpaired) electrons. The quantitative estimate of drug-likeness (QED) is 0.610. The fourth-order valence-electron chi connectivity index (χ4n) is 2.61. The van der Waals surface area contributed by atoms with Crippen LogP contribution >= 0.6 is 0 Å². The Morgan fingerprint density at radius 2 is 1.64 bits per heavy atom. The maximum atomic E-state index is 12.5. The van der Waals surface area contributed by atoms with E-state index < -0.39 is 23.3 Å². The Labute approximate surface area is 134 Å². The summed E-state index contributed by atoms with van der Waals surface area (Å²) in [6.07, 6.45) is 0.955. The standard InChI is InChI=1S/C17H29NO4/c1-7-21-15(19)14(13(5)6)17(11-18,10-9-12(3)4)16(20)22-8-2/h12-14H,7-10H2,1-6H3. The molecule has 126 valence electrons. The number of nitriles is 1. The molecule has 0 aliphatic carbocycles. The van der Waals surface area contributed by atoms with Crippen LogP contribution in [0.25, 0.3) is 0 Å². The maximum Gasteiger partial charge on any atom is 0.327 e. The van der Waals surface area contributed by atoms with Crippen molar-refractivity contribution in [2.75, 3.05) is 13.2 Å². The third-order valence-electron chi connectivity index (χ3n) is 3.69. The molecule has 0 aliphatic rings. The van der Waals surface area contributed by atoms with Crippen molar-refractivity contribution in [1.29, 1.82) is 5.26 Å². The Morgan fingerprint density at radius 3 is 2.00 bits per heavy atom. The molecule has 0 amide bonds. The van der Waals surface area contributed by atoms with Gasteiger partial charge in [-0.3, -0.25) is 9.59 Å². The van der Waals surface area contributed by atoms with E-state index in [0.29, 0.717) is 18.8 Å². The van der Waals surface area contributed by atoms with Crippen molar-refractivity contribution in [2.45, 2.75) is 54.4 Å². The molecule has 2 unspecified atom stereocenters. The molecule has 5 nitrogen and oxygen atoms in total. The molecule has 0 aromatic heterocycles. The second-order valence-corrected chi connectivity index (χ2v) is 6.21. The first kappa shape index (κ1) is 20.4. The number of hydrogen-bond donors (Lipinski definition) is 0. The molecular formula is C17H29NO4. The molecule has 2 atom stereocenters. The van der Waals surface area contributed by atoms with E-state index in [2.05, 4.69) is 6.07 Å². The van der Waals surface area contributed by atoms with Crippen LogP contribution in [-0.4, -0.2) is 25.2 Å². The van der Waals surface area contributed by atoms with Gasteiger partial charge in [-0.05, 0) is 38.5 Å². The third kappa shape index (κ3) is 5.01. The van der Waals surface area contributed by atoms with Gasteiger partial charge in [0.05, 0.1) is 25.2 Å². The van der Waals surface area contributed by atoms with E-state index in [0.717, 1.165) is 0 Å². The average molecular weight is 311 g/mol. The van der Waals surface area contributed by atoms with Crippen molar-refractivity contribution < 1.29 is 19.1 Å². The van der Waals surface area contributed by atoms with Gasteiger partial charge in [-0.25, -0.2) is 0 Å². The normalized spacial score (nSPS) is 15.0. The smallest absolute Gasteiger partial charge is 0.327 e. The molecule has 0 heterocycles. The van der Waals surface area contributed by atoms with Crippen molar-refractivity contribution in [1.82, 2.24) is 0 Å². The number of carbonyl (C=O) groups excluding carboxylic acids is 2. The number of rotatable bonds is 9. The molecule has 0 N–H and O–H groups in total. The summed E-state index contributed by atoms with van der Waals surface area (Å²) < 4.78 is 10.2. The van der Waals surface area contributed by atoms with Gasteiger partial charge in [0.25, 0.3) is 0 Å². The summed E-state index contributed by atoms with van der Waals surface area (Å²) in [6, 6.07) is 2.10. The zero-order chi connectivity index (χ0) is 17.3. The minimum atomic E-state index is -1.49. The van der Waals surface area contributed by atoms with E-state index in [1.165, 1.54) is 0 Å². The van der Waals surface area contributed by atoms with Crippen LogP contribution in [-0.2, 0) is 19.1 Å². The lowest BCUT2D eigenvalue weighted by Gasteiger charge is -2.34. The Bertz CT molecular complexity index is 411. The predicted octanol–water partition coefficient (Wildman–Crippen LogP) is 3.33. The van der Waals surface area contributed by atoms with Crippen LogP contribution in [0.5, 0.6) is 0 Å². The summed E-state index contributed by atoms with van der Waals surface area (Å²) in [5.41, 5.74) is -1.49. The Kier molecular flexibility index (Phi) is 8.77. The highest BCUT2D eigenvalue weighted by Crippen LogP contribution is 2.40. The Balaban J connectivity index is 5.79. The van der Waals surface area contributed by atoms with Gasteiger partial charge in [0.1, 0.15) is 0 Å². The van der Waals surface area contributed by atoms with Crippen LogP contribution in [0.15, 0.2) is 0 Å². The summed E-state index contributed by atoms with van der Waals surface area (Å²) in [6.45, 7) is 11.5. The fraction of sp³-hybridized carbons (Fsp3) is 0.824. The molecule has 0 bridgehead atoms. The van der Waals surface area contributed by atoms with E-state index in [1.54, 1.807) is 13.8 Å². The lowest BCUT2D eigenvalue weighted by molar-refractivity contribution is -0.168. The second-order valence-electron chi connectivity index (χ2n) is 6.21. The van der Waals surface area contributed by atoms with Crippen LogP contribution < -0.4 is 0 Å². The van der Waals surface area contributed by atoms with Gasteiger partial charge in [-0.15, -0.1) is 0 Å². The number of nitrogens with zero attached hydrogens (tertiary/aromatic N) is 1. The molecular weight excluding hydrogens is 282 g/mol. The van der Waals surface area contributed by atoms with Crippen LogP contribution in [0, 0.1) is 34.5 Å². The molecule has 0 spiro atoms. The minimum absolute atomic E-state index is 0.178. The molecule has 0 rings (SSSR count). The number of hydrogen-bond acceptors (Lipinski definition) is 5. The van der Waals surface area contributed by atoms with Crippen LogP contribution in [0.4, 0.5) is 0 Å². The second kappa shape index (κ2) is 9.45. The van der Waals surface area contributed by atoms with Gasteiger partial charge in [0.15, 0.2) is 5.41 Å². The van der Waals surface area contributed by atoms with Crippen molar-refractivity contribution in [3.63, 3.8) is 0 Å². The highest BCUT2D eigenvalue weighted by atomic mass is 16.5. The van der Waals surface area contributed by atoms with Gasteiger partial charge >= 0.3 is 11.9 Å². The summed E-state index contributed by atoms with van der Waals surface area (Å²) >= 11 is 0. The zero-order valence-corrected chi connectivity index (χ0v) is 14.6.